The van der Waals surface area contributed by atoms with Crippen molar-refractivity contribution in [1.29, 1.82) is 0 Å². The maximum Gasteiger partial charge on any atom is 0.339 e. The van der Waals surface area contributed by atoms with Crippen LogP contribution in [0.1, 0.15) is 49.3 Å². The molecule has 1 aliphatic heterocycles. The van der Waals surface area contributed by atoms with Gasteiger partial charge in [0.2, 0.25) is 10.0 Å². The van der Waals surface area contributed by atoms with Crippen LogP contribution in [0.15, 0.2) is 30.3 Å². The molecule has 3 aromatic rings. The van der Waals surface area contributed by atoms with E-state index in [9.17, 15) is 13.2 Å². The molecule has 10 heteroatoms. The number of benzene rings is 2. The number of hydrogen-bond acceptors (Lipinski definition) is 6. The summed E-state index contributed by atoms with van der Waals surface area (Å²) in [6.45, 7) is 19.5. The quantitative estimate of drug-likeness (QED) is 0.183. The van der Waals surface area contributed by atoms with Crippen molar-refractivity contribution in [2.75, 3.05) is 36.9 Å². The van der Waals surface area contributed by atoms with E-state index < -0.39 is 35.8 Å². The van der Waals surface area contributed by atoms with Crippen LogP contribution in [-0.4, -0.2) is 65.7 Å². The van der Waals surface area contributed by atoms with E-state index in [-0.39, 0.29) is 11.7 Å². The number of carbonyl (C=O) groups is 1. The van der Waals surface area contributed by atoms with E-state index in [4.69, 9.17) is 14.2 Å². The van der Waals surface area contributed by atoms with Gasteiger partial charge in [-0.05, 0) is 70.3 Å². The summed E-state index contributed by atoms with van der Waals surface area (Å²) < 4.78 is 47.5. The van der Waals surface area contributed by atoms with Gasteiger partial charge in [-0.2, -0.15) is 0 Å². The minimum Gasteiger partial charge on any atom is -0.467 e. The van der Waals surface area contributed by atoms with Crippen molar-refractivity contribution in [1.82, 2.24) is 4.98 Å². The molecule has 0 saturated carbocycles. The first-order chi connectivity index (χ1) is 19.9. The number of aromatic amines is 1. The second-order valence-electron chi connectivity index (χ2n) is 14.1. The number of methoxy groups -OCH3 is 1. The highest BCUT2D eigenvalue weighted by Crippen LogP contribution is 2.47. The Balaban J connectivity index is 2.11. The number of nitrogens with one attached hydrogen (secondary N) is 1. The van der Waals surface area contributed by atoms with Gasteiger partial charge >= 0.3 is 5.97 Å². The average molecular weight is 629 g/mol. The molecule has 2 heterocycles. The number of anilines is 1. The number of ether oxygens (including phenoxy) is 3. The van der Waals surface area contributed by atoms with Gasteiger partial charge in [-0.1, -0.05) is 49.5 Å². The van der Waals surface area contributed by atoms with Crippen LogP contribution in [-0.2, 0) is 29.0 Å². The van der Waals surface area contributed by atoms with Crippen molar-refractivity contribution in [2.24, 2.45) is 5.92 Å². The zero-order valence-electron chi connectivity index (χ0n) is 27.4. The molecule has 4 rings (SSSR count). The molecule has 1 unspecified atom stereocenters. The monoisotopic (exact) mass is 628 g/mol. The van der Waals surface area contributed by atoms with E-state index in [1.54, 1.807) is 4.31 Å². The summed E-state index contributed by atoms with van der Waals surface area (Å²) in [5.74, 6) is -0.399. The predicted molar refractivity (Wildman–Crippen MR) is 177 cm³/mol. The van der Waals surface area contributed by atoms with E-state index >= 15 is 0 Å². The van der Waals surface area contributed by atoms with Gasteiger partial charge in [-0.15, -0.1) is 0 Å². The molecule has 0 aliphatic carbocycles. The average Bonchev–Trinajstić information content (AvgIpc) is 3.25. The molecule has 2 aromatic carbocycles. The van der Waals surface area contributed by atoms with Gasteiger partial charge in [0, 0.05) is 37.2 Å². The summed E-state index contributed by atoms with van der Waals surface area (Å²) in [5.41, 5.74) is 5.61. The van der Waals surface area contributed by atoms with Crippen LogP contribution in [0.25, 0.3) is 22.0 Å². The molecule has 0 amide bonds. The molecular weight excluding hydrogens is 581 g/mol. The normalized spacial score (nSPS) is 15.4. The van der Waals surface area contributed by atoms with Crippen molar-refractivity contribution in [3.8, 4) is 11.1 Å². The number of carbonyl (C=O) groups excluding carboxylic acids is 1. The first-order valence-electron chi connectivity index (χ1n) is 15.0. The molecule has 1 aliphatic rings. The zero-order chi connectivity index (χ0) is 31.9. The summed E-state index contributed by atoms with van der Waals surface area (Å²) in [6.07, 6.45) is -1.08. The fraction of sp³-hybridized carbons (Fsp3) is 0.545. The van der Waals surface area contributed by atoms with Crippen molar-refractivity contribution in [3.63, 3.8) is 0 Å². The van der Waals surface area contributed by atoms with Gasteiger partial charge in [-0.25, -0.2) is 13.2 Å². The van der Waals surface area contributed by atoms with Crippen molar-refractivity contribution in [3.05, 3.63) is 52.7 Å². The molecule has 0 bridgehead atoms. The lowest BCUT2D eigenvalue weighted by Crippen LogP contribution is -2.44. The number of rotatable bonds is 11. The van der Waals surface area contributed by atoms with E-state index in [1.807, 2.05) is 71.9 Å². The summed E-state index contributed by atoms with van der Waals surface area (Å²) in [7, 11) is -4.05. The van der Waals surface area contributed by atoms with E-state index in [0.717, 1.165) is 33.3 Å². The Kier molecular flexibility index (Phi) is 9.57. The Hall–Kier alpha value is -2.66. The van der Waals surface area contributed by atoms with Crippen LogP contribution in [0.3, 0.4) is 0 Å². The Morgan fingerprint density at radius 3 is 2.26 bits per heavy atom. The first-order valence-corrected chi connectivity index (χ1v) is 20.3. The van der Waals surface area contributed by atoms with Crippen molar-refractivity contribution in [2.45, 2.75) is 78.9 Å². The number of hydrogen-bond donors (Lipinski definition) is 1. The second-order valence-corrected chi connectivity index (χ2v) is 21.7. The highest BCUT2D eigenvalue weighted by molar-refractivity contribution is 7.92. The number of H-pyrrole nitrogens is 1. The Labute approximate surface area is 258 Å². The zero-order valence-corrected chi connectivity index (χ0v) is 29.2. The van der Waals surface area contributed by atoms with Crippen LogP contribution in [0.4, 0.5) is 5.69 Å². The van der Waals surface area contributed by atoms with Gasteiger partial charge in [0.15, 0.2) is 6.10 Å². The molecular formula is C33H48N2O6SSi. The minimum absolute atomic E-state index is 0.0604. The van der Waals surface area contributed by atoms with Crippen molar-refractivity contribution < 1.29 is 27.4 Å². The fourth-order valence-electron chi connectivity index (χ4n) is 5.49. The van der Waals surface area contributed by atoms with Crippen LogP contribution in [0.5, 0.6) is 0 Å². The van der Waals surface area contributed by atoms with Crippen molar-refractivity contribution >= 4 is 40.7 Å². The third-order valence-corrected chi connectivity index (χ3v) is 11.6. The van der Waals surface area contributed by atoms with E-state index in [1.165, 1.54) is 7.11 Å². The standard InChI is InChI=1S/C33H48N2O6SSi/c1-21-11-13-25(14-12-21)28-26-17-22(2)34-29(26)30(23(3)27(28)31(32(36)39-7)41-33(4,5)6)35(18-24-19-40-20-24)42(37,38)15-16-43(8,9)10/h11-14,17,24,31,34H,15-16,18-20H2,1-10H3. The molecule has 1 atom stereocenters. The maximum absolute atomic E-state index is 14.3. The van der Waals surface area contributed by atoms with Crippen LogP contribution in [0.2, 0.25) is 25.7 Å². The molecule has 1 aromatic heterocycles. The lowest BCUT2D eigenvalue weighted by Gasteiger charge is -2.36. The summed E-state index contributed by atoms with van der Waals surface area (Å²) in [6, 6.07) is 10.8. The lowest BCUT2D eigenvalue weighted by atomic mass is 9.87. The van der Waals surface area contributed by atoms with E-state index in [2.05, 4.69) is 24.6 Å². The van der Waals surface area contributed by atoms with Crippen LogP contribution >= 0.6 is 0 Å². The smallest absolute Gasteiger partial charge is 0.339 e. The maximum atomic E-state index is 14.3. The van der Waals surface area contributed by atoms with E-state index in [0.29, 0.717) is 42.6 Å². The molecule has 1 N–H and O–H groups in total. The molecule has 0 spiro atoms. The van der Waals surface area contributed by atoms with Crippen LogP contribution < -0.4 is 4.31 Å². The highest BCUT2D eigenvalue weighted by atomic mass is 32.2. The molecule has 0 radical (unpaired) electrons. The largest absolute Gasteiger partial charge is 0.467 e. The molecule has 1 fully saturated rings. The topological polar surface area (TPSA) is 97.9 Å². The van der Waals surface area contributed by atoms with Gasteiger partial charge in [-0.3, -0.25) is 4.31 Å². The van der Waals surface area contributed by atoms with Crippen LogP contribution in [0, 0.1) is 26.7 Å². The number of esters is 1. The highest BCUT2D eigenvalue weighted by Gasteiger charge is 2.38. The molecule has 8 nitrogen and oxygen atoms in total. The molecule has 1 saturated heterocycles. The molecule has 43 heavy (non-hydrogen) atoms. The third-order valence-electron chi connectivity index (χ3n) is 7.80. The summed E-state index contributed by atoms with van der Waals surface area (Å²) in [4.78, 5) is 17.0. The summed E-state index contributed by atoms with van der Waals surface area (Å²) in [5, 5.41) is 0.832. The fourth-order valence-corrected chi connectivity index (χ4v) is 10.1. The second kappa shape index (κ2) is 12.4. The van der Waals surface area contributed by atoms with Gasteiger partial charge in [0.05, 0.1) is 42.9 Å². The number of fused-ring (bicyclic) bond motifs is 1. The lowest BCUT2D eigenvalue weighted by molar-refractivity contribution is -0.164. The van der Waals surface area contributed by atoms with Gasteiger partial charge in [0.25, 0.3) is 0 Å². The first kappa shape index (κ1) is 33.2. The number of sulfonamides is 1. The van der Waals surface area contributed by atoms with Gasteiger partial charge < -0.3 is 19.2 Å². The Morgan fingerprint density at radius 2 is 1.74 bits per heavy atom. The minimum atomic E-state index is -3.74. The number of aromatic nitrogens is 1. The predicted octanol–water partition coefficient (Wildman–Crippen LogP) is 6.91. The SMILES string of the molecule is COC(=O)C(OC(C)(C)C)c1c(C)c(N(CC2COC2)S(=O)(=O)CC[Si](C)(C)C)c2[nH]c(C)cc2c1-c1ccc(C)cc1. The molecule has 236 valence electrons. The number of nitrogens with zero attached hydrogens (tertiary/aromatic N) is 1. The Bertz CT molecular complexity index is 1580. The third kappa shape index (κ3) is 7.53. The van der Waals surface area contributed by atoms with Gasteiger partial charge in [0.1, 0.15) is 0 Å². The number of aryl methyl sites for hydroxylation is 2. The Morgan fingerprint density at radius 1 is 1.12 bits per heavy atom. The summed E-state index contributed by atoms with van der Waals surface area (Å²) >= 11 is 0.